The first-order chi connectivity index (χ1) is 11.2. The number of aromatic nitrogens is 1. The number of carbonyl (C=O) groups is 1. The third-order valence-corrected chi connectivity index (χ3v) is 5.15. The van der Waals surface area contributed by atoms with Crippen LogP contribution in [-0.2, 0) is 11.8 Å². The fraction of sp³-hybridized carbons (Fsp3) is 0.526. The molecule has 1 heterocycles. The highest BCUT2D eigenvalue weighted by Gasteiger charge is 2.28. The van der Waals surface area contributed by atoms with Crippen molar-refractivity contribution >= 4 is 16.8 Å². The number of aryl methyl sites for hydroxylation is 1. The van der Waals surface area contributed by atoms with E-state index in [1.54, 1.807) is 0 Å². The van der Waals surface area contributed by atoms with Crippen LogP contribution in [0.15, 0.2) is 30.5 Å². The molecule has 3 N–H and O–H groups in total. The third-order valence-electron chi connectivity index (χ3n) is 5.15. The van der Waals surface area contributed by atoms with Crippen LogP contribution in [0.1, 0.15) is 43.6 Å². The first kappa shape index (κ1) is 16.1. The van der Waals surface area contributed by atoms with E-state index < -0.39 is 0 Å². The predicted octanol–water partition coefficient (Wildman–Crippen LogP) is 2.92. The molecule has 0 spiro atoms. The summed E-state index contributed by atoms with van der Waals surface area (Å²) in [6, 6.07) is 8.60. The highest BCUT2D eigenvalue weighted by atomic mass is 16.1. The van der Waals surface area contributed by atoms with Gasteiger partial charge in [0.05, 0.1) is 0 Å². The van der Waals surface area contributed by atoms with Crippen molar-refractivity contribution in [2.24, 2.45) is 18.7 Å². The molecule has 1 aliphatic rings. The van der Waals surface area contributed by atoms with Crippen LogP contribution < -0.4 is 11.1 Å². The van der Waals surface area contributed by atoms with E-state index in [-0.39, 0.29) is 11.8 Å². The van der Waals surface area contributed by atoms with Crippen molar-refractivity contribution in [1.29, 1.82) is 0 Å². The summed E-state index contributed by atoms with van der Waals surface area (Å²) in [7, 11) is 2.11. The summed E-state index contributed by atoms with van der Waals surface area (Å²) in [4.78, 5) is 12.2. The zero-order chi connectivity index (χ0) is 16.2. The number of hydrogen-bond donors (Lipinski definition) is 2. The predicted molar refractivity (Wildman–Crippen MR) is 94.3 cm³/mol. The molecule has 0 radical (unpaired) electrons. The quantitative estimate of drug-likeness (QED) is 0.834. The van der Waals surface area contributed by atoms with Crippen molar-refractivity contribution in [2.75, 3.05) is 13.1 Å². The minimum atomic E-state index is 0.180. The number of hydrogen-bond acceptors (Lipinski definition) is 2. The van der Waals surface area contributed by atoms with Crippen LogP contribution >= 0.6 is 0 Å². The van der Waals surface area contributed by atoms with E-state index in [0.717, 1.165) is 32.1 Å². The van der Waals surface area contributed by atoms with Gasteiger partial charge >= 0.3 is 0 Å². The Labute approximate surface area is 138 Å². The number of nitrogens with one attached hydrogen (secondary N) is 1. The fourth-order valence-corrected chi connectivity index (χ4v) is 3.82. The largest absolute Gasteiger partial charge is 0.356 e. The molecular weight excluding hydrogens is 286 g/mol. The number of amides is 1. The molecule has 124 valence electrons. The molecule has 2 aromatic rings. The molecule has 1 aromatic heterocycles. The summed E-state index contributed by atoms with van der Waals surface area (Å²) in [5, 5.41) is 4.39. The van der Waals surface area contributed by atoms with Crippen molar-refractivity contribution < 1.29 is 4.79 Å². The van der Waals surface area contributed by atoms with Crippen LogP contribution in [0.4, 0.5) is 0 Å². The van der Waals surface area contributed by atoms with Crippen molar-refractivity contribution in [3.8, 4) is 0 Å². The summed E-state index contributed by atoms with van der Waals surface area (Å²) >= 11 is 0. The Bertz CT molecular complexity index is 668. The van der Waals surface area contributed by atoms with Crippen LogP contribution in [-0.4, -0.2) is 23.6 Å². The first-order valence-corrected chi connectivity index (χ1v) is 8.72. The standard InChI is InChI=1S/C19H27N3O/c1-22-13-17(16-5-2-3-6-18(16)22)14-7-9-15(10-8-14)19(23)21-12-4-11-20/h2-3,5-6,13-15H,4,7-12,20H2,1H3,(H,21,23). The zero-order valence-electron chi connectivity index (χ0n) is 13.9. The first-order valence-electron chi connectivity index (χ1n) is 8.72. The van der Waals surface area contributed by atoms with Gasteiger partial charge in [0.15, 0.2) is 0 Å². The average Bonchev–Trinajstić information content (AvgIpc) is 2.93. The van der Waals surface area contributed by atoms with Crippen molar-refractivity contribution in [3.63, 3.8) is 0 Å². The Balaban J connectivity index is 1.63. The molecule has 1 fully saturated rings. The Hall–Kier alpha value is -1.81. The van der Waals surface area contributed by atoms with Gasteiger partial charge in [-0.3, -0.25) is 4.79 Å². The molecule has 3 rings (SSSR count). The van der Waals surface area contributed by atoms with Gasteiger partial charge in [0.1, 0.15) is 0 Å². The monoisotopic (exact) mass is 313 g/mol. The molecule has 1 amide bonds. The maximum absolute atomic E-state index is 12.2. The fourth-order valence-electron chi connectivity index (χ4n) is 3.82. The summed E-state index contributed by atoms with van der Waals surface area (Å²) in [6.07, 6.45) is 7.31. The van der Waals surface area contributed by atoms with E-state index in [4.69, 9.17) is 5.73 Å². The van der Waals surface area contributed by atoms with Crippen LogP contribution in [0.25, 0.3) is 10.9 Å². The zero-order valence-corrected chi connectivity index (χ0v) is 13.9. The van der Waals surface area contributed by atoms with Gasteiger partial charge in [-0.1, -0.05) is 18.2 Å². The molecule has 0 unspecified atom stereocenters. The van der Waals surface area contributed by atoms with Gasteiger partial charge in [-0.25, -0.2) is 0 Å². The highest BCUT2D eigenvalue weighted by Crippen LogP contribution is 2.39. The number of nitrogens with zero attached hydrogens (tertiary/aromatic N) is 1. The average molecular weight is 313 g/mol. The van der Waals surface area contributed by atoms with E-state index in [9.17, 15) is 4.79 Å². The molecule has 23 heavy (non-hydrogen) atoms. The van der Waals surface area contributed by atoms with Crippen molar-refractivity contribution in [2.45, 2.75) is 38.0 Å². The Morgan fingerprint density at radius 2 is 2.00 bits per heavy atom. The number of nitrogens with two attached hydrogens (primary N) is 1. The van der Waals surface area contributed by atoms with Gasteiger partial charge in [0, 0.05) is 36.6 Å². The van der Waals surface area contributed by atoms with Crippen LogP contribution in [0.5, 0.6) is 0 Å². The minimum Gasteiger partial charge on any atom is -0.356 e. The summed E-state index contributed by atoms with van der Waals surface area (Å²) in [5.74, 6) is 0.975. The Morgan fingerprint density at radius 1 is 1.26 bits per heavy atom. The normalized spacial score (nSPS) is 21.5. The number of benzene rings is 1. The smallest absolute Gasteiger partial charge is 0.223 e. The van der Waals surface area contributed by atoms with Crippen LogP contribution in [0.2, 0.25) is 0 Å². The molecule has 0 saturated heterocycles. The van der Waals surface area contributed by atoms with Gasteiger partial charge in [-0.2, -0.15) is 0 Å². The maximum Gasteiger partial charge on any atom is 0.223 e. The second-order valence-electron chi connectivity index (χ2n) is 6.69. The van der Waals surface area contributed by atoms with E-state index in [1.165, 1.54) is 16.5 Å². The number of para-hydroxylation sites is 1. The molecule has 1 saturated carbocycles. The van der Waals surface area contributed by atoms with Crippen molar-refractivity contribution in [1.82, 2.24) is 9.88 Å². The minimum absolute atomic E-state index is 0.180. The summed E-state index contributed by atoms with van der Waals surface area (Å²) in [6.45, 7) is 1.34. The van der Waals surface area contributed by atoms with Crippen LogP contribution in [0, 0.1) is 5.92 Å². The maximum atomic E-state index is 12.2. The molecule has 4 heteroatoms. The molecular formula is C19H27N3O. The highest BCUT2D eigenvalue weighted by molar-refractivity contribution is 5.84. The molecule has 0 bridgehead atoms. The van der Waals surface area contributed by atoms with E-state index in [1.807, 2.05) is 0 Å². The van der Waals surface area contributed by atoms with Gasteiger partial charge in [-0.15, -0.1) is 0 Å². The third kappa shape index (κ3) is 3.42. The second kappa shape index (κ2) is 7.18. The molecule has 0 aliphatic heterocycles. The van der Waals surface area contributed by atoms with E-state index >= 15 is 0 Å². The number of rotatable bonds is 5. The Morgan fingerprint density at radius 3 is 2.74 bits per heavy atom. The summed E-state index contributed by atoms with van der Waals surface area (Å²) in [5.41, 5.74) is 8.21. The topological polar surface area (TPSA) is 60.0 Å². The van der Waals surface area contributed by atoms with Gasteiger partial charge in [0.2, 0.25) is 5.91 Å². The number of carbonyl (C=O) groups excluding carboxylic acids is 1. The molecule has 1 aromatic carbocycles. The molecule has 4 nitrogen and oxygen atoms in total. The second-order valence-corrected chi connectivity index (χ2v) is 6.69. The van der Waals surface area contributed by atoms with Gasteiger partial charge in [0.25, 0.3) is 0 Å². The van der Waals surface area contributed by atoms with Gasteiger partial charge < -0.3 is 15.6 Å². The lowest BCUT2D eigenvalue weighted by Gasteiger charge is -2.27. The lowest BCUT2D eigenvalue weighted by atomic mass is 9.78. The summed E-state index contributed by atoms with van der Waals surface area (Å²) < 4.78 is 2.22. The molecule has 1 aliphatic carbocycles. The Kier molecular flexibility index (Phi) is 5.01. The van der Waals surface area contributed by atoms with E-state index in [0.29, 0.717) is 19.0 Å². The SMILES string of the molecule is Cn1cc(C2CCC(C(=O)NCCCN)CC2)c2ccccc21. The van der Waals surface area contributed by atoms with Crippen molar-refractivity contribution in [3.05, 3.63) is 36.0 Å². The number of fused-ring (bicyclic) bond motifs is 1. The van der Waals surface area contributed by atoms with E-state index in [2.05, 4.69) is 47.4 Å². The lowest BCUT2D eigenvalue weighted by molar-refractivity contribution is -0.126. The van der Waals surface area contributed by atoms with Crippen LogP contribution in [0.3, 0.4) is 0 Å². The molecule has 0 atom stereocenters. The van der Waals surface area contributed by atoms with Gasteiger partial charge in [-0.05, 0) is 56.2 Å². The lowest BCUT2D eigenvalue weighted by Crippen LogP contribution is -2.34.